The summed E-state index contributed by atoms with van der Waals surface area (Å²) in [6, 6.07) is 3.79. The van der Waals surface area contributed by atoms with E-state index in [2.05, 4.69) is 37.2 Å². The molecule has 3 amide bonds. The number of fused-ring (bicyclic) bond motifs is 1. The molecule has 172 valence electrons. The summed E-state index contributed by atoms with van der Waals surface area (Å²) in [6.45, 7) is -1.35. The largest absolute Gasteiger partial charge is 0.497 e. The van der Waals surface area contributed by atoms with Crippen LogP contribution in [-0.2, 0) is 23.9 Å². The molecule has 0 radical (unpaired) electrons. The summed E-state index contributed by atoms with van der Waals surface area (Å²) in [6.07, 6.45) is 0.941. The first-order valence-corrected chi connectivity index (χ1v) is 11.4. The Bertz CT molecular complexity index is 944. The smallest absolute Gasteiger partial charge is 0.326 e. The molecule has 1 aliphatic heterocycles. The second-order valence-corrected chi connectivity index (χ2v) is 9.68. The van der Waals surface area contributed by atoms with Crippen LogP contribution in [0.4, 0.5) is 11.4 Å². The number of nitro groups is 1. The Morgan fingerprint density at radius 1 is 1.19 bits per heavy atom. The molecule has 1 heterocycles. The fourth-order valence-electron chi connectivity index (χ4n) is 3.73. The number of hydrogen-bond donors (Lipinski definition) is 1. The van der Waals surface area contributed by atoms with Crippen molar-refractivity contribution in [2.75, 3.05) is 25.6 Å². The van der Waals surface area contributed by atoms with Gasteiger partial charge < -0.3 is 14.8 Å². The van der Waals surface area contributed by atoms with Crippen LogP contribution in [0.2, 0.25) is 0 Å². The van der Waals surface area contributed by atoms with Gasteiger partial charge >= 0.3 is 5.97 Å². The number of esters is 1. The number of rotatable bonds is 7. The van der Waals surface area contributed by atoms with Crippen LogP contribution >= 0.6 is 31.9 Å². The first-order chi connectivity index (χ1) is 15.1. The van der Waals surface area contributed by atoms with Gasteiger partial charge in [0.15, 0.2) is 6.61 Å². The maximum atomic E-state index is 12.6. The molecule has 4 atom stereocenters. The second-order valence-electron chi connectivity index (χ2n) is 7.33. The van der Waals surface area contributed by atoms with Crippen LogP contribution in [-0.4, -0.2) is 63.4 Å². The predicted molar refractivity (Wildman–Crippen MR) is 118 cm³/mol. The molecule has 11 nitrogen and oxygen atoms in total. The highest BCUT2D eigenvalue weighted by Gasteiger charge is 2.52. The summed E-state index contributed by atoms with van der Waals surface area (Å²) >= 11 is 6.97. The molecule has 1 saturated heterocycles. The lowest BCUT2D eigenvalue weighted by Crippen LogP contribution is -2.37. The molecule has 32 heavy (non-hydrogen) atoms. The van der Waals surface area contributed by atoms with Crippen molar-refractivity contribution < 1.29 is 33.6 Å². The summed E-state index contributed by atoms with van der Waals surface area (Å²) in [5.74, 6) is -3.34. The third-order valence-corrected chi connectivity index (χ3v) is 8.06. The number of nitrogens with zero attached hydrogens (tertiary/aromatic N) is 2. The van der Waals surface area contributed by atoms with Crippen molar-refractivity contribution in [3.05, 3.63) is 28.3 Å². The number of nitrogens with one attached hydrogen (secondary N) is 1. The number of nitro benzene ring substituents is 1. The Morgan fingerprint density at radius 3 is 2.31 bits per heavy atom. The van der Waals surface area contributed by atoms with Gasteiger partial charge in [-0.05, 0) is 18.9 Å². The van der Waals surface area contributed by atoms with Gasteiger partial charge in [0.2, 0.25) is 11.8 Å². The number of benzene rings is 1. The lowest BCUT2D eigenvalue weighted by Gasteiger charge is -2.29. The van der Waals surface area contributed by atoms with E-state index in [1.807, 2.05) is 0 Å². The molecule has 2 aliphatic rings. The molecule has 1 saturated carbocycles. The third-order valence-electron chi connectivity index (χ3n) is 5.33. The number of carbonyl (C=O) groups is 4. The van der Waals surface area contributed by atoms with Crippen molar-refractivity contribution in [1.82, 2.24) is 4.90 Å². The van der Waals surface area contributed by atoms with E-state index in [0.717, 1.165) is 4.90 Å². The standard InChI is InChI=1S/C19H19Br2N3O8/c1-31-9-2-3-15(24(29)30)14(4-9)22-16(25)8-32-17(26)7-23-18(27)10-5-12(20)13(21)6-11(10)19(23)28/h2-4,10-13H,5-8H2,1H3,(H,22,25)/t10-,11+,12-,13-/m0/s1. The lowest BCUT2D eigenvalue weighted by atomic mass is 9.81. The van der Waals surface area contributed by atoms with Crippen LogP contribution in [0.5, 0.6) is 5.75 Å². The molecule has 0 bridgehead atoms. The zero-order valence-electron chi connectivity index (χ0n) is 16.8. The van der Waals surface area contributed by atoms with E-state index in [4.69, 9.17) is 9.47 Å². The van der Waals surface area contributed by atoms with E-state index >= 15 is 0 Å². The molecule has 0 spiro atoms. The Hall–Kier alpha value is -2.54. The van der Waals surface area contributed by atoms with E-state index in [9.17, 15) is 29.3 Å². The Labute approximate surface area is 199 Å². The zero-order valence-corrected chi connectivity index (χ0v) is 20.0. The number of methoxy groups -OCH3 is 1. The minimum atomic E-state index is -0.938. The molecule has 1 N–H and O–H groups in total. The van der Waals surface area contributed by atoms with Crippen LogP contribution < -0.4 is 10.1 Å². The highest BCUT2D eigenvalue weighted by atomic mass is 79.9. The van der Waals surface area contributed by atoms with Gasteiger partial charge in [-0.25, -0.2) is 0 Å². The fraction of sp³-hybridized carbons (Fsp3) is 0.474. The van der Waals surface area contributed by atoms with Gasteiger partial charge in [0.25, 0.3) is 11.6 Å². The number of likely N-dealkylation sites (tertiary alicyclic amines) is 1. The van der Waals surface area contributed by atoms with Gasteiger partial charge in [0.1, 0.15) is 18.0 Å². The van der Waals surface area contributed by atoms with E-state index in [1.165, 1.54) is 25.3 Å². The lowest BCUT2D eigenvalue weighted by molar-refractivity contribution is -0.383. The monoisotopic (exact) mass is 575 g/mol. The third kappa shape index (κ3) is 5.09. The van der Waals surface area contributed by atoms with E-state index in [0.29, 0.717) is 12.8 Å². The van der Waals surface area contributed by atoms with Crippen molar-refractivity contribution in [3.63, 3.8) is 0 Å². The summed E-state index contributed by atoms with van der Waals surface area (Å²) in [7, 11) is 1.36. The van der Waals surface area contributed by atoms with Crippen molar-refractivity contribution >= 4 is 66.9 Å². The fourth-order valence-corrected chi connectivity index (χ4v) is 4.97. The average Bonchev–Trinajstić information content (AvgIpc) is 2.96. The molecule has 1 aromatic carbocycles. The number of halogens is 2. The summed E-state index contributed by atoms with van der Waals surface area (Å²) in [5.41, 5.74) is -0.491. The second kappa shape index (κ2) is 9.94. The molecular weight excluding hydrogens is 558 g/mol. The van der Waals surface area contributed by atoms with Crippen LogP contribution in [0.15, 0.2) is 18.2 Å². The molecule has 13 heteroatoms. The molecule has 0 unspecified atom stereocenters. The summed E-state index contributed by atoms with van der Waals surface area (Å²) in [4.78, 5) is 60.8. The highest BCUT2D eigenvalue weighted by molar-refractivity contribution is 9.12. The van der Waals surface area contributed by atoms with Crippen molar-refractivity contribution in [2.45, 2.75) is 22.5 Å². The Balaban J connectivity index is 1.56. The molecule has 1 aromatic rings. The van der Waals surface area contributed by atoms with Gasteiger partial charge in [0, 0.05) is 21.8 Å². The summed E-state index contributed by atoms with van der Waals surface area (Å²) < 4.78 is 9.85. The van der Waals surface area contributed by atoms with Crippen molar-refractivity contribution in [3.8, 4) is 5.75 Å². The van der Waals surface area contributed by atoms with Crippen molar-refractivity contribution in [1.29, 1.82) is 0 Å². The van der Waals surface area contributed by atoms with Crippen LogP contribution in [0.25, 0.3) is 0 Å². The Morgan fingerprint density at radius 2 is 1.78 bits per heavy atom. The Kier molecular flexibility index (Phi) is 7.49. The predicted octanol–water partition coefficient (Wildman–Crippen LogP) is 2.01. The minimum absolute atomic E-state index is 0.0387. The number of alkyl halides is 2. The van der Waals surface area contributed by atoms with Gasteiger partial charge in [-0.15, -0.1) is 0 Å². The number of ether oxygens (including phenoxy) is 2. The van der Waals surface area contributed by atoms with Gasteiger partial charge in [0.05, 0.1) is 23.9 Å². The number of hydrogen-bond acceptors (Lipinski definition) is 8. The SMILES string of the molecule is COc1ccc([N+](=O)[O-])c(NC(=O)COC(=O)CN2C(=O)[C@H]3C[C@H](Br)[C@@H](Br)C[C@H]3C2=O)c1. The van der Waals surface area contributed by atoms with Crippen molar-refractivity contribution in [2.24, 2.45) is 11.8 Å². The number of anilines is 1. The van der Waals surface area contributed by atoms with Gasteiger partial charge in [-0.2, -0.15) is 0 Å². The maximum absolute atomic E-state index is 12.6. The van der Waals surface area contributed by atoms with E-state index in [1.54, 1.807) is 0 Å². The molecule has 3 rings (SSSR count). The summed E-state index contributed by atoms with van der Waals surface area (Å²) in [5, 5.41) is 13.4. The molecular formula is C19H19Br2N3O8. The topological polar surface area (TPSA) is 145 Å². The van der Waals surface area contributed by atoms with E-state index in [-0.39, 0.29) is 26.8 Å². The van der Waals surface area contributed by atoms with Crippen LogP contribution in [0.3, 0.4) is 0 Å². The van der Waals surface area contributed by atoms with Crippen LogP contribution in [0, 0.1) is 22.0 Å². The minimum Gasteiger partial charge on any atom is -0.497 e. The molecule has 0 aromatic heterocycles. The first kappa shape index (κ1) is 24.1. The zero-order chi connectivity index (χ0) is 23.6. The molecule has 1 aliphatic carbocycles. The van der Waals surface area contributed by atoms with Gasteiger partial charge in [-0.1, -0.05) is 31.9 Å². The maximum Gasteiger partial charge on any atom is 0.326 e. The van der Waals surface area contributed by atoms with E-state index < -0.39 is 53.6 Å². The average molecular weight is 577 g/mol. The number of carbonyl (C=O) groups excluding carboxylic acids is 4. The molecule has 2 fully saturated rings. The quantitative estimate of drug-likeness (QED) is 0.170. The number of amides is 3. The first-order valence-electron chi connectivity index (χ1n) is 9.53. The normalized spacial score (nSPS) is 24.7. The number of imide groups is 1. The van der Waals surface area contributed by atoms with Gasteiger partial charge in [-0.3, -0.25) is 34.2 Å². The highest BCUT2D eigenvalue weighted by Crippen LogP contribution is 2.43. The van der Waals surface area contributed by atoms with Crippen LogP contribution in [0.1, 0.15) is 12.8 Å².